The third-order valence-electron chi connectivity index (χ3n) is 4.56. The van der Waals surface area contributed by atoms with E-state index in [1.54, 1.807) is 0 Å². The number of nitrogens with zero attached hydrogens (tertiary/aromatic N) is 1. The lowest BCUT2D eigenvalue weighted by Crippen LogP contribution is -2.38. The molecule has 1 aliphatic rings. The van der Waals surface area contributed by atoms with Crippen molar-refractivity contribution in [3.05, 3.63) is 64.7 Å². The monoisotopic (exact) mass is 436 g/mol. The fourth-order valence-corrected chi connectivity index (χ4v) is 3.16. The molecule has 0 saturated carbocycles. The van der Waals surface area contributed by atoms with Crippen molar-refractivity contribution < 1.29 is 40.3 Å². The molecule has 30 heavy (non-hydrogen) atoms. The molecular formula is C19H15F7N2O2. The number of amides is 1. The van der Waals surface area contributed by atoms with Gasteiger partial charge in [-0.05, 0) is 42.7 Å². The Hall–Kier alpha value is -2.69. The minimum absolute atomic E-state index is 0.287. The van der Waals surface area contributed by atoms with E-state index in [4.69, 9.17) is 4.74 Å². The lowest BCUT2D eigenvalue weighted by molar-refractivity contribution is -0.140. The molecule has 0 aliphatic carbocycles. The second kappa shape index (κ2) is 8.21. The molecule has 1 amide bonds. The Morgan fingerprint density at radius 1 is 1.10 bits per heavy atom. The maximum absolute atomic E-state index is 14.1. The van der Waals surface area contributed by atoms with Crippen LogP contribution in [0.15, 0.2) is 36.5 Å². The lowest BCUT2D eigenvalue weighted by Gasteiger charge is -2.24. The number of carbonyl (C=O) groups excluding carboxylic acids is 1. The van der Waals surface area contributed by atoms with Crippen LogP contribution in [-0.4, -0.2) is 23.6 Å². The second-order valence-electron chi connectivity index (χ2n) is 6.61. The van der Waals surface area contributed by atoms with Gasteiger partial charge in [0.2, 0.25) is 5.91 Å². The van der Waals surface area contributed by atoms with E-state index in [0.29, 0.717) is 31.0 Å². The average molecular weight is 436 g/mol. The van der Waals surface area contributed by atoms with Crippen molar-refractivity contribution in [2.75, 3.05) is 6.61 Å². The first kappa shape index (κ1) is 22.0. The number of halogens is 7. The van der Waals surface area contributed by atoms with E-state index in [1.165, 1.54) is 0 Å². The molecule has 3 rings (SSSR count). The largest absolute Gasteiger partial charge is 0.419 e. The molecule has 1 fully saturated rings. The molecule has 0 bridgehead atoms. The molecule has 4 nitrogen and oxygen atoms in total. The number of pyridine rings is 1. The lowest BCUT2D eigenvalue weighted by atomic mass is 9.97. The third-order valence-corrected chi connectivity index (χ3v) is 4.56. The van der Waals surface area contributed by atoms with Crippen molar-refractivity contribution in [3.63, 3.8) is 0 Å². The van der Waals surface area contributed by atoms with Gasteiger partial charge in [0, 0.05) is 12.8 Å². The highest BCUT2D eigenvalue weighted by Crippen LogP contribution is 2.37. The molecule has 1 aromatic carbocycles. The second-order valence-corrected chi connectivity index (χ2v) is 6.61. The van der Waals surface area contributed by atoms with Crippen molar-refractivity contribution in [3.8, 4) is 0 Å². The van der Waals surface area contributed by atoms with E-state index in [2.05, 4.69) is 10.3 Å². The van der Waals surface area contributed by atoms with Gasteiger partial charge in [0.25, 0.3) is 0 Å². The Morgan fingerprint density at radius 2 is 1.80 bits per heavy atom. The highest BCUT2D eigenvalue weighted by Gasteiger charge is 2.39. The molecular weight excluding hydrogens is 421 g/mol. The highest BCUT2D eigenvalue weighted by molar-refractivity contribution is 5.81. The molecule has 0 unspecified atom stereocenters. The topological polar surface area (TPSA) is 51.2 Å². The number of carbonyl (C=O) groups is 1. The van der Waals surface area contributed by atoms with Crippen LogP contribution in [0.2, 0.25) is 0 Å². The van der Waals surface area contributed by atoms with E-state index >= 15 is 0 Å². The SMILES string of the molecule is O=C(N[C@@H](c1ccc(C(F)(F)F)c(F)c1)c1ncccc1C(F)(F)F)[C@@H]1CCCO1. The van der Waals surface area contributed by atoms with Crippen molar-refractivity contribution in [2.24, 2.45) is 0 Å². The first-order chi connectivity index (χ1) is 14.0. The molecule has 1 aromatic heterocycles. The number of hydrogen-bond donors (Lipinski definition) is 1. The Kier molecular flexibility index (Phi) is 6.02. The predicted molar refractivity (Wildman–Crippen MR) is 89.6 cm³/mol. The first-order valence-electron chi connectivity index (χ1n) is 8.79. The molecule has 2 heterocycles. The minimum Gasteiger partial charge on any atom is -0.368 e. The molecule has 1 N–H and O–H groups in total. The maximum atomic E-state index is 14.1. The predicted octanol–water partition coefficient (Wildman–Crippen LogP) is 4.64. The van der Waals surface area contributed by atoms with Gasteiger partial charge in [0.05, 0.1) is 22.9 Å². The zero-order valence-electron chi connectivity index (χ0n) is 15.1. The molecule has 1 saturated heterocycles. The van der Waals surface area contributed by atoms with Gasteiger partial charge in [-0.2, -0.15) is 26.3 Å². The van der Waals surface area contributed by atoms with Crippen LogP contribution in [0.25, 0.3) is 0 Å². The number of ether oxygens (including phenoxy) is 1. The van der Waals surface area contributed by atoms with Crippen LogP contribution in [0.3, 0.4) is 0 Å². The van der Waals surface area contributed by atoms with Gasteiger partial charge in [-0.25, -0.2) is 4.39 Å². The minimum atomic E-state index is -4.98. The molecule has 0 radical (unpaired) electrons. The quantitative estimate of drug-likeness (QED) is 0.711. The maximum Gasteiger partial charge on any atom is 0.419 e. The van der Waals surface area contributed by atoms with Crippen LogP contribution in [0.1, 0.15) is 41.3 Å². The summed E-state index contributed by atoms with van der Waals surface area (Å²) in [5.41, 5.74) is -3.78. The molecule has 0 spiro atoms. The summed E-state index contributed by atoms with van der Waals surface area (Å²) in [5, 5.41) is 2.32. The van der Waals surface area contributed by atoms with Gasteiger partial charge in [-0.3, -0.25) is 9.78 Å². The number of aromatic nitrogens is 1. The highest BCUT2D eigenvalue weighted by atomic mass is 19.4. The van der Waals surface area contributed by atoms with Crippen LogP contribution in [0.5, 0.6) is 0 Å². The van der Waals surface area contributed by atoms with Gasteiger partial charge < -0.3 is 10.1 Å². The summed E-state index contributed by atoms with van der Waals surface area (Å²) < 4.78 is 98.2. The van der Waals surface area contributed by atoms with E-state index < -0.39 is 53.0 Å². The molecule has 11 heteroatoms. The van der Waals surface area contributed by atoms with Gasteiger partial charge >= 0.3 is 12.4 Å². The summed E-state index contributed by atoms with van der Waals surface area (Å²) in [6, 6.07) is 1.76. The van der Waals surface area contributed by atoms with Gasteiger partial charge in [0.15, 0.2) is 0 Å². The molecule has 2 aromatic rings. The summed E-state index contributed by atoms with van der Waals surface area (Å²) in [4.78, 5) is 16.1. The summed E-state index contributed by atoms with van der Waals surface area (Å²) in [6.45, 7) is 0.287. The number of benzene rings is 1. The van der Waals surface area contributed by atoms with E-state index in [1.807, 2.05) is 0 Å². The summed E-state index contributed by atoms with van der Waals surface area (Å²) in [6.07, 6.45) is -8.84. The Morgan fingerprint density at radius 3 is 2.37 bits per heavy atom. The number of nitrogens with one attached hydrogen (secondary N) is 1. The summed E-state index contributed by atoms with van der Waals surface area (Å²) in [5.74, 6) is -2.45. The standard InChI is InChI=1S/C19H15F7N2O2/c20-13-9-10(5-6-11(13)18(21,22)23)15(28-17(29)14-4-2-8-30-14)16-12(19(24,25)26)3-1-7-27-16/h1,3,5-7,9,14-15H,2,4,8H2,(H,28,29)/t14-,15-/m0/s1. The van der Waals surface area contributed by atoms with Crippen molar-refractivity contribution in [1.29, 1.82) is 0 Å². The normalized spacial score (nSPS) is 18.3. The van der Waals surface area contributed by atoms with Crippen LogP contribution in [0, 0.1) is 5.82 Å². The average Bonchev–Trinajstić information content (AvgIpc) is 3.19. The van der Waals surface area contributed by atoms with Gasteiger partial charge in [-0.15, -0.1) is 0 Å². The van der Waals surface area contributed by atoms with Crippen LogP contribution in [-0.2, 0) is 21.9 Å². The van der Waals surface area contributed by atoms with Gasteiger partial charge in [0.1, 0.15) is 11.9 Å². The zero-order chi connectivity index (χ0) is 22.1. The van der Waals surface area contributed by atoms with E-state index in [9.17, 15) is 35.5 Å². The zero-order valence-corrected chi connectivity index (χ0v) is 15.1. The first-order valence-corrected chi connectivity index (χ1v) is 8.79. The van der Waals surface area contributed by atoms with Crippen LogP contribution < -0.4 is 5.32 Å². The summed E-state index contributed by atoms with van der Waals surface area (Å²) in [7, 11) is 0. The van der Waals surface area contributed by atoms with Crippen molar-refractivity contribution in [1.82, 2.24) is 10.3 Å². The van der Waals surface area contributed by atoms with E-state index in [-0.39, 0.29) is 12.2 Å². The smallest absolute Gasteiger partial charge is 0.368 e. The number of hydrogen-bond acceptors (Lipinski definition) is 3. The Bertz CT molecular complexity index is 922. The fourth-order valence-electron chi connectivity index (χ4n) is 3.16. The Labute approximate surface area is 166 Å². The molecule has 1 aliphatic heterocycles. The van der Waals surface area contributed by atoms with E-state index in [0.717, 1.165) is 18.3 Å². The van der Waals surface area contributed by atoms with Crippen LogP contribution in [0.4, 0.5) is 30.7 Å². The molecule has 2 atom stereocenters. The van der Waals surface area contributed by atoms with Crippen molar-refractivity contribution in [2.45, 2.75) is 37.3 Å². The third kappa shape index (κ3) is 4.72. The Balaban J connectivity index is 2.07. The van der Waals surface area contributed by atoms with Gasteiger partial charge in [-0.1, -0.05) is 6.07 Å². The molecule has 162 valence electrons. The number of rotatable bonds is 4. The van der Waals surface area contributed by atoms with Crippen LogP contribution >= 0.6 is 0 Å². The van der Waals surface area contributed by atoms with Crippen molar-refractivity contribution >= 4 is 5.91 Å². The summed E-state index contributed by atoms with van der Waals surface area (Å²) >= 11 is 0. The number of alkyl halides is 6. The fraction of sp³-hybridized carbons (Fsp3) is 0.368.